The molecule has 3 unspecified atom stereocenters. The maximum atomic E-state index is 11.9. The van der Waals surface area contributed by atoms with Gasteiger partial charge in [-0.3, -0.25) is 4.90 Å². The Kier molecular flexibility index (Phi) is 7.09. The quantitative estimate of drug-likeness (QED) is 0.799. The second-order valence-electron chi connectivity index (χ2n) is 7.28. The molecule has 130 valence electrons. The third kappa shape index (κ3) is 5.74. The topological polar surface area (TPSA) is 70.8 Å². The van der Waals surface area contributed by atoms with Gasteiger partial charge in [-0.1, -0.05) is 6.92 Å². The van der Waals surface area contributed by atoms with Crippen LogP contribution in [0.5, 0.6) is 0 Å². The lowest BCUT2D eigenvalue weighted by molar-refractivity contribution is 0.0361. The standard InChI is InChI=1S/C16H34N4O2/c1-7-13-11-20(9-8-19(13)6)14(10-17)12(2)18-15(21)22-16(3,4)5/h12-14H,7-11,17H2,1-6H3,(H,18,21). The molecule has 1 amide bonds. The van der Waals surface area contributed by atoms with Crippen molar-refractivity contribution in [2.75, 3.05) is 33.2 Å². The molecule has 1 aliphatic heterocycles. The molecule has 0 radical (unpaired) electrons. The predicted molar refractivity (Wildman–Crippen MR) is 90.0 cm³/mol. The van der Waals surface area contributed by atoms with E-state index in [4.69, 9.17) is 10.5 Å². The molecule has 3 N–H and O–H groups in total. The minimum Gasteiger partial charge on any atom is -0.444 e. The number of carbonyl (C=O) groups excluding carboxylic acids is 1. The van der Waals surface area contributed by atoms with E-state index >= 15 is 0 Å². The van der Waals surface area contributed by atoms with Crippen molar-refractivity contribution in [2.24, 2.45) is 5.73 Å². The lowest BCUT2D eigenvalue weighted by atomic mass is 10.0. The van der Waals surface area contributed by atoms with Crippen LogP contribution in [0, 0.1) is 0 Å². The number of nitrogens with zero attached hydrogens (tertiary/aromatic N) is 2. The van der Waals surface area contributed by atoms with E-state index in [2.05, 4.69) is 29.1 Å². The van der Waals surface area contributed by atoms with E-state index in [-0.39, 0.29) is 18.2 Å². The average Bonchev–Trinajstić information content (AvgIpc) is 2.38. The Bertz CT molecular complexity index is 357. The van der Waals surface area contributed by atoms with Gasteiger partial charge in [-0.05, 0) is 41.2 Å². The van der Waals surface area contributed by atoms with Gasteiger partial charge in [0.2, 0.25) is 0 Å². The van der Waals surface area contributed by atoms with Crippen molar-refractivity contribution < 1.29 is 9.53 Å². The van der Waals surface area contributed by atoms with Crippen molar-refractivity contribution in [2.45, 2.75) is 64.8 Å². The first-order valence-corrected chi connectivity index (χ1v) is 8.31. The number of likely N-dealkylation sites (N-methyl/N-ethyl adjacent to an activating group) is 1. The van der Waals surface area contributed by atoms with E-state index in [0.29, 0.717) is 12.6 Å². The van der Waals surface area contributed by atoms with Gasteiger partial charge in [0.15, 0.2) is 0 Å². The van der Waals surface area contributed by atoms with Crippen LogP contribution in [0.25, 0.3) is 0 Å². The van der Waals surface area contributed by atoms with Crippen LogP contribution in [0.1, 0.15) is 41.0 Å². The highest BCUT2D eigenvalue weighted by Gasteiger charge is 2.31. The molecule has 0 aliphatic carbocycles. The summed E-state index contributed by atoms with van der Waals surface area (Å²) in [6, 6.07) is 0.646. The number of alkyl carbamates (subject to hydrolysis) is 1. The molecule has 1 aliphatic rings. The van der Waals surface area contributed by atoms with Crippen LogP contribution in [0.2, 0.25) is 0 Å². The molecule has 6 heteroatoms. The zero-order valence-corrected chi connectivity index (χ0v) is 15.1. The van der Waals surface area contributed by atoms with Gasteiger partial charge in [-0.2, -0.15) is 0 Å². The van der Waals surface area contributed by atoms with Crippen molar-refractivity contribution in [3.05, 3.63) is 0 Å². The number of amides is 1. The zero-order valence-electron chi connectivity index (χ0n) is 15.1. The molecule has 1 heterocycles. The molecule has 3 atom stereocenters. The number of nitrogens with one attached hydrogen (secondary N) is 1. The van der Waals surface area contributed by atoms with Gasteiger partial charge in [0, 0.05) is 44.3 Å². The first kappa shape index (κ1) is 19.2. The number of rotatable bonds is 5. The highest BCUT2D eigenvalue weighted by atomic mass is 16.6. The molecule has 0 saturated carbocycles. The Balaban J connectivity index is 2.61. The van der Waals surface area contributed by atoms with E-state index in [1.165, 1.54) is 0 Å². The van der Waals surface area contributed by atoms with Gasteiger partial charge in [0.25, 0.3) is 0 Å². The third-order valence-electron chi connectivity index (χ3n) is 4.31. The van der Waals surface area contributed by atoms with Gasteiger partial charge in [0.05, 0.1) is 0 Å². The maximum absolute atomic E-state index is 11.9. The van der Waals surface area contributed by atoms with Crippen LogP contribution in [0.15, 0.2) is 0 Å². The fourth-order valence-electron chi connectivity index (χ4n) is 2.97. The highest BCUT2D eigenvalue weighted by Crippen LogP contribution is 2.15. The van der Waals surface area contributed by atoms with Crippen molar-refractivity contribution in [1.82, 2.24) is 15.1 Å². The number of nitrogens with two attached hydrogens (primary N) is 1. The average molecular weight is 314 g/mol. The molecule has 0 aromatic heterocycles. The maximum Gasteiger partial charge on any atom is 0.407 e. The van der Waals surface area contributed by atoms with Crippen molar-refractivity contribution in [3.63, 3.8) is 0 Å². The van der Waals surface area contributed by atoms with Gasteiger partial charge in [-0.25, -0.2) is 4.79 Å². The molecule has 0 aromatic rings. The first-order valence-electron chi connectivity index (χ1n) is 8.31. The Morgan fingerprint density at radius 1 is 1.41 bits per heavy atom. The van der Waals surface area contributed by atoms with Crippen LogP contribution < -0.4 is 11.1 Å². The number of hydrogen-bond acceptors (Lipinski definition) is 5. The molecule has 22 heavy (non-hydrogen) atoms. The Labute approximate surface area is 135 Å². The van der Waals surface area contributed by atoms with E-state index in [0.717, 1.165) is 26.1 Å². The summed E-state index contributed by atoms with van der Waals surface area (Å²) in [7, 11) is 2.17. The summed E-state index contributed by atoms with van der Waals surface area (Å²) in [6.45, 7) is 13.3. The zero-order chi connectivity index (χ0) is 16.9. The molecular formula is C16H34N4O2. The number of hydrogen-bond donors (Lipinski definition) is 2. The summed E-state index contributed by atoms with van der Waals surface area (Å²) in [5.74, 6) is 0. The Hall–Kier alpha value is -0.850. The summed E-state index contributed by atoms with van der Waals surface area (Å²) >= 11 is 0. The van der Waals surface area contributed by atoms with Crippen molar-refractivity contribution in [1.29, 1.82) is 0 Å². The number of carbonyl (C=O) groups is 1. The summed E-state index contributed by atoms with van der Waals surface area (Å²) in [4.78, 5) is 16.7. The molecule has 1 fully saturated rings. The molecule has 6 nitrogen and oxygen atoms in total. The molecule has 0 bridgehead atoms. The minimum atomic E-state index is -0.483. The lowest BCUT2D eigenvalue weighted by Crippen LogP contribution is -2.61. The minimum absolute atomic E-state index is 0.0410. The second kappa shape index (κ2) is 8.13. The molecule has 1 saturated heterocycles. The van der Waals surface area contributed by atoms with Gasteiger partial charge in [-0.15, -0.1) is 0 Å². The van der Waals surface area contributed by atoms with Crippen molar-refractivity contribution >= 4 is 6.09 Å². The smallest absolute Gasteiger partial charge is 0.407 e. The van der Waals surface area contributed by atoms with E-state index in [9.17, 15) is 4.79 Å². The van der Waals surface area contributed by atoms with Crippen LogP contribution in [-0.4, -0.2) is 72.8 Å². The summed E-state index contributed by atoms with van der Waals surface area (Å²) in [5.41, 5.74) is 5.50. The van der Waals surface area contributed by atoms with Crippen molar-refractivity contribution in [3.8, 4) is 0 Å². The molecule has 1 rings (SSSR count). The second-order valence-corrected chi connectivity index (χ2v) is 7.28. The van der Waals surface area contributed by atoms with Crippen LogP contribution in [0.4, 0.5) is 4.79 Å². The van der Waals surface area contributed by atoms with Gasteiger partial charge >= 0.3 is 6.09 Å². The predicted octanol–water partition coefficient (Wildman–Crippen LogP) is 1.25. The number of ether oxygens (including phenoxy) is 1. The van der Waals surface area contributed by atoms with Gasteiger partial charge < -0.3 is 20.7 Å². The Morgan fingerprint density at radius 3 is 2.55 bits per heavy atom. The summed E-state index contributed by atoms with van der Waals surface area (Å²) < 4.78 is 5.33. The van der Waals surface area contributed by atoms with E-state index < -0.39 is 5.60 Å². The summed E-state index contributed by atoms with van der Waals surface area (Å²) in [5, 5.41) is 2.93. The third-order valence-corrected chi connectivity index (χ3v) is 4.31. The van der Waals surface area contributed by atoms with E-state index in [1.54, 1.807) is 0 Å². The highest BCUT2D eigenvalue weighted by molar-refractivity contribution is 5.68. The van der Waals surface area contributed by atoms with Gasteiger partial charge in [0.1, 0.15) is 5.60 Å². The fourth-order valence-corrected chi connectivity index (χ4v) is 2.97. The largest absolute Gasteiger partial charge is 0.444 e. The molecule has 0 spiro atoms. The monoisotopic (exact) mass is 314 g/mol. The number of piperazine rings is 1. The first-order chi connectivity index (χ1) is 10.2. The van der Waals surface area contributed by atoms with Crippen LogP contribution in [0.3, 0.4) is 0 Å². The normalized spacial score (nSPS) is 23.9. The molecular weight excluding hydrogens is 280 g/mol. The SMILES string of the molecule is CCC1CN(C(CN)C(C)NC(=O)OC(C)(C)C)CCN1C. The molecule has 0 aromatic carbocycles. The van der Waals surface area contributed by atoms with Crippen LogP contribution >= 0.6 is 0 Å². The van der Waals surface area contributed by atoms with E-state index in [1.807, 2.05) is 27.7 Å². The Morgan fingerprint density at radius 2 is 2.05 bits per heavy atom. The summed E-state index contributed by atoms with van der Waals surface area (Å²) in [6.07, 6.45) is 0.748. The van der Waals surface area contributed by atoms with Crippen LogP contribution in [-0.2, 0) is 4.74 Å². The fraction of sp³-hybridized carbons (Fsp3) is 0.938. The lowest BCUT2D eigenvalue weighted by Gasteiger charge is -2.44.